The van der Waals surface area contributed by atoms with E-state index in [1.54, 1.807) is 0 Å². The Hall–Kier alpha value is -1.02. The molecule has 1 N–H and O–H groups in total. The minimum Gasteiger partial charge on any atom is -0.370 e. The molecule has 1 saturated heterocycles. The van der Waals surface area contributed by atoms with Gasteiger partial charge in [-0.3, -0.25) is 0 Å². The molecule has 1 fully saturated rings. The second kappa shape index (κ2) is 5.96. The summed E-state index contributed by atoms with van der Waals surface area (Å²) >= 11 is 0. The van der Waals surface area contributed by atoms with Crippen molar-refractivity contribution in [1.29, 1.82) is 0 Å². The first kappa shape index (κ1) is 14.4. The van der Waals surface area contributed by atoms with Crippen LogP contribution in [0.1, 0.15) is 46.1 Å². The number of nitrogens with zero attached hydrogens (tertiary/aromatic N) is 1. The van der Waals surface area contributed by atoms with Gasteiger partial charge >= 0.3 is 0 Å². The van der Waals surface area contributed by atoms with Gasteiger partial charge < -0.3 is 10.2 Å². The summed E-state index contributed by atoms with van der Waals surface area (Å²) in [4.78, 5) is 2.51. The minimum absolute atomic E-state index is 0.242. The number of hydrogen-bond donors (Lipinski definition) is 1. The quantitative estimate of drug-likeness (QED) is 0.874. The molecule has 0 aromatic heterocycles. The minimum atomic E-state index is 0.242. The SMILES string of the molecule is CCC1CCN(c2ccc(C(C)(C)C)cc2)CCN1. The van der Waals surface area contributed by atoms with Gasteiger partial charge in [-0.05, 0) is 36.0 Å². The Morgan fingerprint density at radius 3 is 2.42 bits per heavy atom. The molecule has 0 aliphatic carbocycles. The Labute approximate surface area is 118 Å². The van der Waals surface area contributed by atoms with E-state index in [4.69, 9.17) is 0 Å². The lowest BCUT2D eigenvalue weighted by molar-refractivity contribution is 0.510. The van der Waals surface area contributed by atoms with E-state index in [-0.39, 0.29) is 5.41 Å². The first-order chi connectivity index (χ1) is 9.00. The van der Waals surface area contributed by atoms with Crippen LogP contribution in [0, 0.1) is 0 Å². The molecule has 106 valence electrons. The van der Waals surface area contributed by atoms with Crippen LogP contribution >= 0.6 is 0 Å². The van der Waals surface area contributed by atoms with Gasteiger partial charge in [-0.25, -0.2) is 0 Å². The number of nitrogens with one attached hydrogen (secondary N) is 1. The molecule has 1 aliphatic heterocycles. The van der Waals surface area contributed by atoms with Crippen LogP contribution < -0.4 is 10.2 Å². The number of anilines is 1. The van der Waals surface area contributed by atoms with Crippen LogP contribution in [0.5, 0.6) is 0 Å². The van der Waals surface area contributed by atoms with E-state index in [1.807, 2.05) is 0 Å². The molecule has 0 radical (unpaired) electrons. The Bertz CT molecular complexity index is 389. The van der Waals surface area contributed by atoms with E-state index < -0.39 is 0 Å². The fraction of sp³-hybridized carbons (Fsp3) is 0.647. The lowest BCUT2D eigenvalue weighted by atomic mass is 9.87. The summed E-state index contributed by atoms with van der Waals surface area (Å²) in [7, 11) is 0. The molecular weight excluding hydrogens is 232 g/mol. The summed E-state index contributed by atoms with van der Waals surface area (Å²) in [6.07, 6.45) is 2.48. The lowest BCUT2D eigenvalue weighted by Crippen LogP contribution is -2.30. The highest BCUT2D eigenvalue weighted by Crippen LogP contribution is 2.25. The van der Waals surface area contributed by atoms with Gasteiger partial charge in [0.2, 0.25) is 0 Å². The summed E-state index contributed by atoms with van der Waals surface area (Å²) in [6.45, 7) is 12.5. The average Bonchev–Trinajstić information content (AvgIpc) is 2.63. The van der Waals surface area contributed by atoms with E-state index in [0.29, 0.717) is 6.04 Å². The van der Waals surface area contributed by atoms with Crippen molar-refractivity contribution in [3.8, 4) is 0 Å². The van der Waals surface area contributed by atoms with Gasteiger partial charge in [0, 0.05) is 31.4 Å². The molecule has 1 aromatic rings. The topological polar surface area (TPSA) is 15.3 Å². The predicted molar refractivity (Wildman–Crippen MR) is 84.1 cm³/mol. The van der Waals surface area contributed by atoms with Crippen LogP contribution in [0.2, 0.25) is 0 Å². The van der Waals surface area contributed by atoms with E-state index >= 15 is 0 Å². The summed E-state index contributed by atoms with van der Waals surface area (Å²) in [5.41, 5.74) is 3.02. The van der Waals surface area contributed by atoms with Crippen LogP contribution in [0.4, 0.5) is 5.69 Å². The molecule has 0 amide bonds. The van der Waals surface area contributed by atoms with Gasteiger partial charge in [0.1, 0.15) is 0 Å². The standard InChI is InChI=1S/C17H28N2/c1-5-15-10-12-19(13-11-18-15)16-8-6-14(7-9-16)17(2,3)4/h6-9,15,18H,5,10-13H2,1-4H3. The molecule has 2 nitrogen and oxygen atoms in total. The summed E-state index contributed by atoms with van der Waals surface area (Å²) in [6, 6.07) is 9.83. The maximum absolute atomic E-state index is 3.62. The maximum atomic E-state index is 3.62. The van der Waals surface area contributed by atoms with Gasteiger partial charge in [-0.1, -0.05) is 39.8 Å². The van der Waals surface area contributed by atoms with Crippen LogP contribution in [-0.2, 0) is 5.41 Å². The molecule has 0 bridgehead atoms. The van der Waals surface area contributed by atoms with Crippen molar-refractivity contribution >= 4 is 5.69 Å². The third-order valence-electron chi connectivity index (χ3n) is 4.15. The third kappa shape index (κ3) is 3.73. The molecular formula is C17H28N2. The second-order valence-corrected chi connectivity index (χ2v) is 6.63. The van der Waals surface area contributed by atoms with Crippen molar-refractivity contribution in [1.82, 2.24) is 5.32 Å². The van der Waals surface area contributed by atoms with E-state index in [1.165, 1.54) is 30.6 Å². The van der Waals surface area contributed by atoms with Crippen molar-refractivity contribution in [3.63, 3.8) is 0 Å². The highest BCUT2D eigenvalue weighted by molar-refractivity contribution is 5.48. The zero-order valence-corrected chi connectivity index (χ0v) is 12.9. The molecule has 1 aliphatic rings. The smallest absolute Gasteiger partial charge is 0.0366 e. The molecule has 2 rings (SSSR count). The van der Waals surface area contributed by atoms with Crippen LogP contribution in [-0.4, -0.2) is 25.7 Å². The summed E-state index contributed by atoms with van der Waals surface area (Å²) in [5.74, 6) is 0. The maximum Gasteiger partial charge on any atom is 0.0366 e. The van der Waals surface area contributed by atoms with Crippen molar-refractivity contribution in [2.24, 2.45) is 0 Å². The van der Waals surface area contributed by atoms with E-state index in [9.17, 15) is 0 Å². The van der Waals surface area contributed by atoms with Crippen LogP contribution in [0.15, 0.2) is 24.3 Å². The van der Waals surface area contributed by atoms with Gasteiger partial charge in [0.05, 0.1) is 0 Å². The molecule has 1 aromatic carbocycles. The lowest BCUT2D eigenvalue weighted by Gasteiger charge is -2.24. The van der Waals surface area contributed by atoms with Gasteiger partial charge in [0.25, 0.3) is 0 Å². The van der Waals surface area contributed by atoms with Crippen molar-refractivity contribution in [2.75, 3.05) is 24.5 Å². The average molecular weight is 260 g/mol. The number of benzene rings is 1. The van der Waals surface area contributed by atoms with E-state index in [0.717, 1.165) is 13.1 Å². The Morgan fingerprint density at radius 1 is 1.16 bits per heavy atom. The van der Waals surface area contributed by atoms with Crippen LogP contribution in [0.3, 0.4) is 0 Å². The van der Waals surface area contributed by atoms with E-state index in [2.05, 4.69) is 62.2 Å². The Kier molecular flexibility index (Phi) is 4.51. The molecule has 1 heterocycles. The molecule has 19 heavy (non-hydrogen) atoms. The fourth-order valence-electron chi connectivity index (χ4n) is 2.71. The first-order valence-corrected chi connectivity index (χ1v) is 7.59. The Morgan fingerprint density at radius 2 is 1.84 bits per heavy atom. The molecule has 0 spiro atoms. The zero-order chi connectivity index (χ0) is 13.9. The third-order valence-corrected chi connectivity index (χ3v) is 4.15. The van der Waals surface area contributed by atoms with Crippen molar-refractivity contribution in [3.05, 3.63) is 29.8 Å². The summed E-state index contributed by atoms with van der Waals surface area (Å²) in [5, 5.41) is 3.62. The fourth-order valence-corrected chi connectivity index (χ4v) is 2.71. The molecule has 1 unspecified atom stereocenters. The molecule has 1 atom stereocenters. The monoisotopic (exact) mass is 260 g/mol. The normalized spacial score (nSPS) is 21.3. The van der Waals surface area contributed by atoms with Gasteiger partial charge in [-0.2, -0.15) is 0 Å². The number of hydrogen-bond acceptors (Lipinski definition) is 2. The van der Waals surface area contributed by atoms with Crippen LogP contribution in [0.25, 0.3) is 0 Å². The number of rotatable bonds is 2. The highest BCUT2D eigenvalue weighted by atomic mass is 15.2. The van der Waals surface area contributed by atoms with Gasteiger partial charge in [-0.15, -0.1) is 0 Å². The van der Waals surface area contributed by atoms with Gasteiger partial charge in [0.15, 0.2) is 0 Å². The largest absolute Gasteiger partial charge is 0.370 e. The Balaban J connectivity index is 2.06. The highest BCUT2D eigenvalue weighted by Gasteiger charge is 2.17. The summed E-state index contributed by atoms with van der Waals surface area (Å²) < 4.78 is 0. The predicted octanol–water partition coefficient (Wildman–Crippen LogP) is 3.56. The molecule has 2 heteroatoms. The van der Waals surface area contributed by atoms with Crippen molar-refractivity contribution < 1.29 is 0 Å². The second-order valence-electron chi connectivity index (χ2n) is 6.63. The zero-order valence-electron chi connectivity index (χ0n) is 12.9. The first-order valence-electron chi connectivity index (χ1n) is 7.59. The van der Waals surface area contributed by atoms with Crippen molar-refractivity contribution in [2.45, 2.75) is 52.0 Å². The molecule has 0 saturated carbocycles.